The molecule has 0 aliphatic heterocycles. The van der Waals surface area contributed by atoms with Gasteiger partial charge < -0.3 is 5.32 Å². The summed E-state index contributed by atoms with van der Waals surface area (Å²) in [5.74, 6) is 0. The highest BCUT2D eigenvalue weighted by Crippen LogP contribution is 2.22. The lowest BCUT2D eigenvalue weighted by Crippen LogP contribution is -2.12. The minimum Gasteiger partial charge on any atom is -0.312 e. The summed E-state index contributed by atoms with van der Waals surface area (Å²) < 4.78 is 4.50. The van der Waals surface area contributed by atoms with E-state index in [0.717, 1.165) is 18.8 Å². The zero-order chi connectivity index (χ0) is 12.1. The smallest absolute Gasteiger partial charge is 0.0844 e. The molecule has 0 saturated carbocycles. The van der Waals surface area contributed by atoms with Crippen LogP contribution in [0.3, 0.4) is 0 Å². The maximum absolute atomic E-state index is 4.50. The highest BCUT2D eigenvalue weighted by Gasteiger charge is 2.03. The number of hydrogen-bond donors (Lipinski definition) is 1. The summed E-state index contributed by atoms with van der Waals surface area (Å²) in [6.07, 6.45) is 1.17. The van der Waals surface area contributed by atoms with Crippen molar-refractivity contribution in [3.05, 3.63) is 40.8 Å². The van der Waals surface area contributed by atoms with E-state index in [1.807, 2.05) is 0 Å². The Morgan fingerprint density at radius 2 is 2.00 bits per heavy atom. The van der Waals surface area contributed by atoms with Gasteiger partial charge in [0.15, 0.2) is 0 Å². The molecule has 0 aliphatic carbocycles. The molecule has 0 amide bonds. The lowest BCUT2D eigenvalue weighted by atomic mass is 10.1. The third-order valence-corrected chi connectivity index (χ3v) is 3.42. The predicted molar refractivity (Wildman–Crippen MR) is 74.3 cm³/mol. The van der Waals surface area contributed by atoms with E-state index in [1.165, 1.54) is 22.4 Å². The molecule has 0 aliphatic rings. The Kier molecular flexibility index (Phi) is 4.29. The number of benzene rings is 1. The van der Waals surface area contributed by atoms with Crippen LogP contribution in [0.4, 0.5) is 0 Å². The lowest BCUT2D eigenvalue weighted by molar-refractivity contribution is 0.681. The van der Waals surface area contributed by atoms with Gasteiger partial charge in [-0.25, -0.2) is 0 Å². The van der Waals surface area contributed by atoms with Crippen LogP contribution in [-0.2, 0) is 6.54 Å². The van der Waals surface area contributed by atoms with E-state index in [-0.39, 0.29) is 0 Å². The number of aryl methyl sites for hydroxylation is 1. The monoisotopic (exact) mass is 246 g/mol. The average molecular weight is 246 g/mol. The van der Waals surface area contributed by atoms with Crippen LogP contribution in [0.25, 0.3) is 11.3 Å². The van der Waals surface area contributed by atoms with E-state index < -0.39 is 0 Å². The van der Waals surface area contributed by atoms with Crippen LogP contribution >= 0.6 is 11.5 Å². The summed E-state index contributed by atoms with van der Waals surface area (Å²) in [5, 5.41) is 3.40. The molecule has 1 N–H and O–H groups in total. The van der Waals surface area contributed by atoms with Crippen molar-refractivity contribution < 1.29 is 0 Å². The predicted octanol–water partition coefficient (Wildman–Crippen LogP) is 3.62. The van der Waals surface area contributed by atoms with Crippen molar-refractivity contribution in [3.63, 3.8) is 0 Å². The zero-order valence-electron chi connectivity index (χ0n) is 10.4. The maximum atomic E-state index is 4.50. The van der Waals surface area contributed by atoms with E-state index in [0.29, 0.717) is 0 Å². The fraction of sp³-hybridized carbons (Fsp3) is 0.357. The molecule has 0 radical (unpaired) electrons. The first-order chi connectivity index (χ1) is 8.29. The first-order valence-corrected chi connectivity index (χ1v) is 6.80. The largest absolute Gasteiger partial charge is 0.312 e. The van der Waals surface area contributed by atoms with Gasteiger partial charge >= 0.3 is 0 Å². The van der Waals surface area contributed by atoms with Crippen molar-refractivity contribution in [2.24, 2.45) is 0 Å². The molecule has 1 aromatic heterocycles. The van der Waals surface area contributed by atoms with Gasteiger partial charge in [-0.15, -0.1) is 0 Å². The van der Waals surface area contributed by atoms with Crippen LogP contribution in [0.2, 0.25) is 0 Å². The standard InChI is InChI=1S/C14H18N2S/c1-3-8-15-10-13-9-14(16-17-13)12-6-4-11(2)5-7-12/h4-7,9,15H,3,8,10H2,1-2H3. The van der Waals surface area contributed by atoms with Crippen molar-refractivity contribution in [3.8, 4) is 11.3 Å². The normalized spacial score (nSPS) is 10.7. The molecule has 90 valence electrons. The van der Waals surface area contributed by atoms with Gasteiger partial charge in [-0.1, -0.05) is 36.8 Å². The number of rotatable bonds is 5. The SMILES string of the molecule is CCCNCc1cc(-c2ccc(C)cc2)ns1. The molecule has 1 heterocycles. The number of nitrogens with zero attached hydrogens (tertiary/aromatic N) is 1. The quantitative estimate of drug-likeness (QED) is 0.815. The minimum atomic E-state index is 0.928. The zero-order valence-corrected chi connectivity index (χ0v) is 11.2. The van der Waals surface area contributed by atoms with Crippen LogP contribution < -0.4 is 5.32 Å². The van der Waals surface area contributed by atoms with Gasteiger partial charge in [-0.05, 0) is 37.5 Å². The molecule has 17 heavy (non-hydrogen) atoms. The first-order valence-electron chi connectivity index (χ1n) is 6.03. The second-order valence-electron chi connectivity index (χ2n) is 4.22. The Morgan fingerprint density at radius 3 is 2.71 bits per heavy atom. The molecule has 0 unspecified atom stereocenters. The second kappa shape index (κ2) is 5.94. The van der Waals surface area contributed by atoms with Gasteiger partial charge in [0.05, 0.1) is 5.69 Å². The summed E-state index contributed by atoms with van der Waals surface area (Å²) in [4.78, 5) is 1.30. The van der Waals surface area contributed by atoms with E-state index in [2.05, 4.69) is 53.9 Å². The molecule has 0 spiro atoms. The topological polar surface area (TPSA) is 24.9 Å². The van der Waals surface area contributed by atoms with Crippen LogP contribution in [0, 0.1) is 6.92 Å². The molecule has 0 bridgehead atoms. The molecular weight excluding hydrogens is 228 g/mol. The Morgan fingerprint density at radius 1 is 1.24 bits per heavy atom. The molecule has 2 rings (SSSR count). The Hall–Kier alpha value is -1.19. The maximum Gasteiger partial charge on any atom is 0.0844 e. The van der Waals surface area contributed by atoms with Gasteiger partial charge in [0, 0.05) is 17.0 Å². The first kappa shape index (κ1) is 12.3. The summed E-state index contributed by atoms with van der Waals surface area (Å²) in [7, 11) is 0. The van der Waals surface area contributed by atoms with Crippen molar-refractivity contribution in [2.75, 3.05) is 6.54 Å². The van der Waals surface area contributed by atoms with E-state index in [9.17, 15) is 0 Å². The van der Waals surface area contributed by atoms with Gasteiger partial charge in [0.1, 0.15) is 0 Å². The Labute approximate surface area is 107 Å². The third-order valence-electron chi connectivity index (χ3n) is 2.63. The Balaban J connectivity index is 2.04. The van der Waals surface area contributed by atoms with Gasteiger partial charge in [0.25, 0.3) is 0 Å². The molecule has 0 atom stereocenters. The van der Waals surface area contributed by atoms with Crippen LogP contribution in [0.15, 0.2) is 30.3 Å². The fourth-order valence-corrected chi connectivity index (χ4v) is 2.35. The van der Waals surface area contributed by atoms with Crippen LogP contribution in [-0.4, -0.2) is 10.9 Å². The summed E-state index contributed by atoms with van der Waals surface area (Å²) >= 11 is 1.59. The molecule has 0 saturated heterocycles. The highest BCUT2D eigenvalue weighted by atomic mass is 32.1. The molecule has 3 heteroatoms. The third kappa shape index (κ3) is 3.38. The van der Waals surface area contributed by atoms with E-state index >= 15 is 0 Å². The molecule has 1 aromatic carbocycles. The molecular formula is C14H18N2S. The number of nitrogens with one attached hydrogen (secondary N) is 1. The van der Waals surface area contributed by atoms with Crippen molar-refractivity contribution in [1.82, 2.24) is 9.69 Å². The van der Waals surface area contributed by atoms with Gasteiger partial charge in [-0.3, -0.25) is 0 Å². The second-order valence-corrected chi connectivity index (χ2v) is 5.11. The number of hydrogen-bond acceptors (Lipinski definition) is 3. The van der Waals surface area contributed by atoms with Crippen LogP contribution in [0.1, 0.15) is 23.8 Å². The molecule has 2 aromatic rings. The van der Waals surface area contributed by atoms with Crippen molar-refractivity contribution in [1.29, 1.82) is 0 Å². The van der Waals surface area contributed by atoms with E-state index in [1.54, 1.807) is 11.5 Å². The Bertz CT molecular complexity index is 459. The van der Waals surface area contributed by atoms with Gasteiger partial charge in [-0.2, -0.15) is 4.37 Å². The highest BCUT2D eigenvalue weighted by molar-refractivity contribution is 7.06. The fourth-order valence-electron chi connectivity index (χ4n) is 1.65. The molecule has 0 fully saturated rings. The average Bonchev–Trinajstić information content (AvgIpc) is 2.79. The minimum absolute atomic E-state index is 0.928. The van der Waals surface area contributed by atoms with E-state index in [4.69, 9.17) is 0 Å². The molecule has 2 nitrogen and oxygen atoms in total. The van der Waals surface area contributed by atoms with Gasteiger partial charge in [0.2, 0.25) is 0 Å². The number of aromatic nitrogens is 1. The lowest BCUT2D eigenvalue weighted by Gasteiger charge is -1.98. The summed E-state index contributed by atoms with van der Waals surface area (Å²) in [5.41, 5.74) is 3.57. The van der Waals surface area contributed by atoms with Crippen molar-refractivity contribution in [2.45, 2.75) is 26.8 Å². The summed E-state index contributed by atoms with van der Waals surface area (Å²) in [6, 6.07) is 10.7. The summed E-state index contributed by atoms with van der Waals surface area (Å²) in [6.45, 7) is 6.28. The van der Waals surface area contributed by atoms with Crippen LogP contribution in [0.5, 0.6) is 0 Å². The van der Waals surface area contributed by atoms with Crippen molar-refractivity contribution >= 4 is 11.5 Å².